The van der Waals surface area contributed by atoms with Gasteiger partial charge in [0.05, 0.1) is 6.61 Å². The molecule has 0 atom stereocenters. The highest BCUT2D eigenvalue weighted by Gasteiger charge is 2.10. The predicted octanol–water partition coefficient (Wildman–Crippen LogP) is 2.32. The fourth-order valence-corrected chi connectivity index (χ4v) is 1.63. The average Bonchev–Trinajstić information content (AvgIpc) is 2.46. The van der Waals surface area contributed by atoms with Crippen LogP contribution >= 0.6 is 0 Å². The Hall–Kier alpha value is -2.36. The van der Waals surface area contributed by atoms with E-state index in [0.717, 1.165) is 11.6 Å². The Balaban J connectivity index is 2.67. The van der Waals surface area contributed by atoms with Crippen LogP contribution in [0.3, 0.4) is 0 Å². The van der Waals surface area contributed by atoms with Crippen molar-refractivity contribution in [3.8, 4) is 0 Å². The van der Waals surface area contributed by atoms with Gasteiger partial charge in [-0.05, 0) is 12.5 Å². The maximum absolute atomic E-state index is 12.0. The highest BCUT2D eigenvalue weighted by molar-refractivity contribution is 5.94. The molecular formula is C16H19NO3. The van der Waals surface area contributed by atoms with Gasteiger partial charge in [-0.1, -0.05) is 36.4 Å². The molecule has 4 nitrogen and oxygen atoms in total. The molecule has 0 aliphatic carbocycles. The number of ether oxygens (including phenoxy) is 1. The van der Waals surface area contributed by atoms with E-state index < -0.39 is 5.97 Å². The monoisotopic (exact) mass is 273 g/mol. The Morgan fingerprint density at radius 2 is 1.95 bits per heavy atom. The SMILES string of the molecule is C=CCN(Cc1ccccc1)C(=O)/C=C/C(=O)OCC. The fraction of sp³-hybridized carbons (Fsp3) is 0.250. The minimum absolute atomic E-state index is 0.248. The Morgan fingerprint density at radius 1 is 1.25 bits per heavy atom. The molecule has 0 spiro atoms. The zero-order chi connectivity index (χ0) is 14.8. The van der Waals surface area contributed by atoms with Crippen molar-refractivity contribution in [1.29, 1.82) is 0 Å². The molecule has 0 aromatic heterocycles. The van der Waals surface area contributed by atoms with E-state index in [-0.39, 0.29) is 12.5 Å². The number of hydrogen-bond donors (Lipinski definition) is 0. The number of hydrogen-bond acceptors (Lipinski definition) is 3. The van der Waals surface area contributed by atoms with E-state index in [1.54, 1.807) is 17.9 Å². The second-order valence-electron chi connectivity index (χ2n) is 4.08. The number of carbonyl (C=O) groups excluding carboxylic acids is 2. The van der Waals surface area contributed by atoms with E-state index in [1.807, 2.05) is 30.3 Å². The molecular weight excluding hydrogens is 254 g/mol. The van der Waals surface area contributed by atoms with Crippen molar-refractivity contribution in [1.82, 2.24) is 4.90 Å². The van der Waals surface area contributed by atoms with Crippen LogP contribution in [-0.2, 0) is 20.9 Å². The third kappa shape index (κ3) is 5.52. The van der Waals surface area contributed by atoms with Gasteiger partial charge in [-0.3, -0.25) is 4.79 Å². The number of benzene rings is 1. The minimum Gasteiger partial charge on any atom is -0.463 e. The van der Waals surface area contributed by atoms with Gasteiger partial charge in [-0.2, -0.15) is 0 Å². The molecule has 0 bridgehead atoms. The van der Waals surface area contributed by atoms with Crippen molar-refractivity contribution in [2.75, 3.05) is 13.2 Å². The summed E-state index contributed by atoms with van der Waals surface area (Å²) in [5.74, 6) is -0.763. The lowest BCUT2D eigenvalue weighted by molar-refractivity contribution is -0.137. The molecule has 1 aromatic carbocycles. The molecule has 1 amide bonds. The molecule has 0 fully saturated rings. The van der Waals surface area contributed by atoms with E-state index >= 15 is 0 Å². The van der Waals surface area contributed by atoms with Crippen molar-refractivity contribution in [3.63, 3.8) is 0 Å². The first-order chi connectivity index (χ1) is 9.67. The highest BCUT2D eigenvalue weighted by Crippen LogP contribution is 2.05. The van der Waals surface area contributed by atoms with E-state index in [4.69, 9.17) is 4.74 Å². The lowest BCUT2D eigenvalue weighted by Crippen LogP contribution is -2.29. The Labute approximate surface area is 119 Å². The molecule has 0 aliphatic rings. The second-order valence-corrected chi connectivity index (χ2v) is 4.08. The minimum atomic E-state index is -0.515. The molecule has 0 saturated heterocycles. The first-order valence-corrected chi connectivity index (χ1v) is 6.46. The largest absolute Gasteiger partial charge is 0.463 e. The summed E-state index contributed by atoms with van der Waals surface area (Å²) >= 11 is 0. The van der Waals surface area contributed by atoms with Crippen molar-refractivity contribution in [3.05, 3.63) is 60.7 Å². The second kappa shape index (κ2) is 8.69. The topological polar surface area (TPSA) is 46.6 Å². The molecule has 0 N–H and O–H groups in total. The number of nitrogens with zero attached hydrogens (tertiary/aromatic N) is 1. The fourth-order valence-electron chi connectivity index (χ4n) is 1.63. The standard InChI is InChI=1S/C16H19NO3/c1-3-12-17(13-14-8-6-5-7-9-14)15(18)10-11-16(19)20-4-2/h3,5-11H,1,4,12-13H2,2H3/b11-10+. The molecule has 0 heterocycles. The van der Waals surface area contributed by atoms with Gasteiger partial charge >= 0.3 is 5.97 Å². The maximum atomic E-state index is 12.0. The molecule has 106 valence electrons. The van der Waals surface area contributed by atoms with Crippen LogP contribution in [0.5, 0.6) is 0 Å². The lowest BCUT2D eigenvalue weighted by Gasteiger charge is -2.19. The summed E-state index contributed by atoms with van der Waals surface area (Å²) in [5.41, 5.74) is 1.02. The quantitative estimate of drug-likeness (QED) is 0.435. The highest BCUT2D eigenvalue weighted by atomic mass is 16.5. The van der Waals surface area contributed by atoms with Crippen molar-refractivity contribution >= 4 is 11.9 Å². The smallest absolute Gasteiger partial charge is 0.330 e. The summed E-state index contributed by atoms with van der Waals surface area (Å²) in [4.78, 5) is 24.8. The van der Waals surface area contributed by atoms with Gasteiger partial charge in [0.2, 0.25) is 5.91 Å². The maximum Gasteiger partial charge on any atom is 0.330 e. The molecule has 4 heteroatoms. The molecule has 0 saturated carbocycles. The van der Waals surface area contributed by atoms with Gasteiger partial charge in [0, 0.05) is 25.2 Å². The van der Waals surface area contributed by atoms with Gasteiger partial charge in [0.25, 0.3) is 0 Å². The van der Waals surface area contributed by atoms with Crippen LogP contribution in [0.25, 0.3) is 0 Å². The molecule has 20 heavy (non-hydrogen) atoms. The summed E-state index contributed by atoms with van der Waals surface area (Å²) < 4.78 is 4.73. The lowest BCUT2D eigenvalue weighted by atomic mass is 10.2. The van der Waals surface area contributed by atoms with Crippen molar-refractivity contribution in [2.45, 2.75) is 13.5 Å². The van der Waals surface area contributed by atoms with E-state index in [0.29, 0.717) is 13.1 Å². The van der Waals surface area contributed by atoms with Gasteiger partial charge in [-0.25, -0.2) is 4.79 Å². The third-order valence-corrected chi connectivity index (χ3v) is 2.53. The summed E-state index contributed by atoms with van der Waals surface area (Å²) in [6.07, 6.45) is 4.02. The molecule has 0 unspecified atom stereocenters. The van der Waals surface area contributed by atoms with E-state index in [2.05, 4.69) is 6.58 Å². The van der Waals surface area contributed by atoms with Gasteiger partial charge in [0.1, 0.15) is 0 Å². The first-order valence-electron chi connectivity index (χ1n) is 6.46. The number of esters is 1. The van der Waals surface area contributed by atoms with Crippen LogP contribution in [0.1, 0.15) is 12.5 Å². The Bertz CT molecular complexity index is 480. The van der Waals surface area contributed by atoms with E-state index in [9.17, 15) is 9.59 Å². The molecule has 0 aliphatic heterocycles. The summed E-state index contributed by atoms with van der Waals surface area (Å²) in [7, 11) is 0. The van der Waals surface area contributed by atoms with Crippen molar-refractivity contribution < 1.29 is 14.3 Å². The number of carbonyl (C=O) groups is 2. The Kier molecular flexibility index (Phi) is 6.82. The zero-order valence-electron chi connectivity index (χ0n) is 11.6. The third-order valence-electron chi connectivity index (χ3n) is 2.53. The van der Waals surface area contributed by atoms with Crippen molar-refractivity contribution in [2.24, 2.45) is 0 Å². The molecule has 0 radical (unpaired) electrons. The van der Waals surface area contributed by atoms with Gasteiger partial charge in [-0.15, -0.1) is 6.58 Å². The number of rotatable bonds is 7. The molecule has 1 rings (SSSR count). The van der Waals surface area contributed by atoms with Gasteiger partial charge in [0.15, 0.2) is 0 Å². The number of amides is 1. The predicted molar refractivity (Wildman–Crippen MR) is 77.8 cm³/mol. The summed E-state index contributed by atoms with van der Waals surface area (Å²) in [5, 5.41) is 0. The van der Waals surface area contributed by atoms with E-state index in [1.165, 1.54) is 6.08 Å². The normalized spacial score (nSPS) is 10.2. The van der Waals surface area contributed by atoms with Crippen LogP contribution in [-0.4, -0.2) is 29.9 Å². The first kappa shape index (κ1) is 15.7. The van der Waals surface area contributed by atoms with Crippen LogP contribution in [0.4, 0.5) is 0 Å². The van der Waals surface area contributed by atoms with Gasteiger partial charge < -0.3 is 9.64 Å². The van der Waals surface area contributed by atoms with Crippen LogP contribution < -0.4 is 0 Å². The average molecular weight is 273 g/mol. The van der Waals surface area contributed by atoms with Crippen LogP contribution in [0.2, 0.25) is 0 Å². The van der Waals surface area contributed by atoms with Crippen LogP contribution in [0, 0.1) is 0 Å². The Morgan fingerprint density at radius 3 is 2.55 bits per heavy atom. The van der Waals surface area contributed by atoms with Crippen LogP contribution in [0.15, 0.2) is 55.1 Å². The molecule has 1 aromatic rings. The summed E-state index contributed by atoms with van der Waals surface area (Å²) in [6.45, 7) is 6.53. The zero-order valence-corrected chi connectivity index (χ0v) is 11.6. The summed E-state index contributed by atoms with van der Waals surface area (Å²) in [6, 6.07) is 9.64.